The first-order valence-electron chi connectivity index (χ1n) is 7.88. The predicted molar refractivity (Wildman–Crippen MR) is 95.7 cm³/mol. The van der Waals surface area contributed by atoms with Crippen molar-refractivity contribution in [3.63, 3.8) is 0 Å². The summed E-state index contributed by atoms with van der Waals surface area (Å²) >= 11 is 0. The van der Waals surface area contributed by atoms with Crippen LogP contribution in [0.15, 0.2) is 9.79 Å². The molecule has 0 fully saturated rings. The summed E-state index contributed by atoms with van der Waals surface area (Å²) in [5.74, 6) is 0. The highest BCUT2D eigenvalue weighted by Crippen LogP contribution is 2.19. The Balaban J connectivity index is 2.06. The molecule has 2 aromatic rings. The topological polar surface area (TPSA) is 128 Å². The van der Waals surface area contributed by atoms with Gasteiger partial charge in [-0.25, -0.2) is 26.3 Å². The molecule has 0 aromatic carbocycles. The van der Waals surface area contributed by atoms with Gasteiger partial charge in [0.15, 0.2) is 0 Å². The fourth-order valence-corrected chi connectivity index (χ4v) is 5.73. The summed E-state index contributed by atoms with van der Waals surface area (Å²) in [6, 6.07) is 0. The van der Waals surface area contributed by atoms with Crippen LogP contribution in [0.25, 0.3) is 0 Å². The fraction of sp³-hybridized carbons (Fsp3) is 0.571. The summed E-state index contributed by atoms with van der Waals surface area (Å²) in [5, 5.41) is 8.16. The van der Waals surface area contributed by atoms with Gasteiger partial charge < -0.3 is 0 Å². The van der Waals surface area contributed by atoms with E-state index in [0.29, 0.717) is 22.8 Å². The molecule has 0 saturated carbocycles. The molecular weight excluding hydrogens is 380 g/mol. The van der Waals surface area contributed by atoms with Crippen molar-refractivity contribution in [2.75, 3.05) is 13.1 Å². The van der Waals surface area contributed by atoms with Gasteiger partial charge >= 0.3 is 0 Å². The maximum atomic E-state index is 12.4. The van der Waals surface area contributed by atoms with Gasteiger partial charge in [-0.1, -0.05) is 0 Å². The number of aromatic nitrogens is 4. The van der Waals surface area contributed by atoms with Crippen LogP contribution in [0, 0.1) is 27.7 Å². The molecule has 0 saturated heterocycles. The second-order valence-electron chi connectivity index (χ2n) is 6.04. The molecule has 2 rings (SSSR count). The lowest BCUT2D eigenvalue weighted by atomic mass is 10.4. The quantitative estimate of drug-likeness (QED) is 0.607. The van der Waals surface area contributed by atoms with Gasteiger partial charge in [0.1, 0.15) is 9.79 Å². The Morgan fingerprint density at radius 1 is 0.731 bits per heavy atom. The molecule has 0 bridgehead atoms. The molecular formula is C14H24N6O4S2. The molecule has 0 unspecified atom stereocenters. The van der Waals surface area contributed by atoms with Gasteiger partial charge in [0, 0.05) is 27.2 Å². The van der Waals surface area contributed by atoms with Gasteiger partial charge in [-0.2, -0.15) is 10.2 Å². The van der Waals surface area contributed by atoms with E-state index < -0.39 is 20.0 Å². The Kier molecular flexibility index (Phi) is 5.61. The van der Waals surface area contributed by atoms with Crippen LogP contribution in [0.3, 0.4) is 0 Å². The third-order valence-corrected chi connectivity index (χ3v) is 7.56. The van der Waals surface area contributed by atoms with Crippen molar-refractivity contribution in [3.05, 3.63) is 22.8 Å². The number of aryl methyl sites for hydroxylation is 4. The number of nitrogens with one attached hydrogen (secondary N) is 2. The van der Waals surface area contributed by atoms with E-state index in [0.717, 1.165) is 0 Å². The lowest BCUT2D eigenvalue weighted by Gasteiger charge is -2.09. The number of nitrogens with zero attached hydrogens (tertiary/aromatic N) is 4. The molecule has 2 aromatic heterocycles. The Labute approximate surface area is 153 Å². The van der Waals surface area contributed by atoms with E-state index >= 15 is 0 Å². The van der Waals surface area contributed by atoms with Gasteiger partial charge in [0.25, 0.3) is 0 Å². The van der Waals surface area contributed by atoms with Crippen LogP contribution >= 0.6 is 0 Å². The fourth-order valence-electron chi connectivity index (χ4n) is 2.80. The molecule has 146 valence electrons. The molecule has 0 amide bonds. The van der Waals surface area contributed by atoms with Crippen molar-refractivity contribution in [1.82, 2.24) is 29.0 Å². The monoisotopic (exact) mass is 404 g/mol. The van der Waals surface area contributed by atoms with Crippen molar-refractivity contribution in [3.8, 4) is 0 Å². The van der Waals surface area contributed by atoms with Crippen LogP contribution in [-0.2, 0) is 34.1 Å². The number of hydrogen-bond acceptors (Lipinski definition) is 6. The van der Waals surface area contributed by atoms with Gasteiger partial charge in [-0.3, -0.25) is 9.36 Å². The second-order valence-corrected chi connectivity index (χ2v) is 9.45. The van der Waals surface area contributed by atoms with E-state index in [9.17, 15) is 16.8 Å². The van der Waals surface area contributed by atoms with Crippen molar-refractivity contribution >= 4 is 20.0 Å². The molecule has 2 N–H and O–H groups in total. The summed E-state index contributed by atoms with van der Waals surface area (Å²) in [6.07, 6.45) is 0. The number of rotatable bonds is 7. The average molecular weight is 405 g/mol. The summed E-state index contributed by atoms with van der Waals surface area (Å²) in [5.41, 5.74) is 1.80. The van der Waals surface area contributed by atoms with E-state index in [4.69, 9.17) is 0 Å². The first-order valence-corrected chi connectivity index (χ1v) is 10.8. The molecule has 10 nitrogen and oxygen atoms in total. The molecule has 12 heteroatoms. The molecule has 26 heavy (non-hydrogen) atoms. The summed E-state index contributed by atoms with van der Waals surface area (Å²) < 4.78 is 57.5. The number of sulfonamides is 2. The predicted octanol–water partition coefficient (Wildman–Crippen LogP) is -0.356. The van der Waals surface area contributed by atoms with Crippen molar-refractivity contribution in [2.45, 2.75) is 37.5 Å². The van der Waals surface area contributed by atoms with Crippen LogP contribution in [0.2, 0.25) is 0 Å². The smallest absolute Gasteiger partial charge is 0.244 e. The maximum absolute atomic E-state index is 12.4. The Hall–Kier alpha value is -1.76. The largest absolute Gasteiger partial charge is 0.271 e. The van der Waals surface area contributed by atoms with Gasteiger partial charge in [0.2, 0.25) is 20.0 Å². The SMILES string of the molecule is Cc1nn(C)c(C)c1S(=O)(=O)NCCNS(=O)(=O)c1c(C)nn(C)c1C. The highest BCUT2D eigenvalue weighted by atomic mass is 32.2. The first kappa shape index (κ1) is 20.6. The van der Waals surface area contributed by atoms with Crippen LogP contribution in [0.4, 0.5) is 0 Å². The van der Waals surface area contributed by atoms with Gasteiger partial charge in [-0.15, -0.1) is 0 Å². The Bertz CT molecular complexity index is 950. The average Bonchev–Trinajstić information content (AvgIpc) is 2.91. The normalized spacial score (nSPS) is 12.7. The Morgan fingerprint density at radius 3 is 1.27 bits per heavy atom. The van der Waals surface area contributed by atoms with Crippen LogP contribution in [0.5, 0.6) is 0 Å². The maximum Gasteiger partial charge on any atom is 0.244 e. The standard InChI is InChI=1S/C14H24N6O4S2/c1-9-13(11(3)19(5)17-9)25(21,22)15-7-8-16-26(23,24)14-10(2)18-20(6)12(14)4/h15-16H,7-8H2,1-6H3. The van der Waals surface area contributed by atoms with Crippen LogP contribution in [-0.4, -0.2) is 49.5 Å². The highest BCUT2D eigenvalue weighted by molar-refractivity contribution is 7.90. The third kappa shape index (κ3) is 3.82. The van der Waals surface area contributed by atoms with E-state index in [-0.39, 0.29) is 22.9 Å². The minimum absolute atomic E-state index is 0.0896. The molecule has 0 aliphatic carbocycles. The lowest BCUT2D eigenvalue weighted by Crippen LogP contribution is -2.35. The van der Waals surface area contributed by atoms with Gasteiger partial charge in [-0.05, 0) is 27.7 Å². The zero-order valence-corrected chi connectivity index (χ0v) is 17.3. The third-order valence-electron chi connectivity index (χ3n) is 4.13. The summed E-state index contributed by atoms with van der Waals surface area (Å²) in [7, 11) is -4.24. The summed E-state index contributed by atoms with van der Waals surface area (Å²) in [4.78, 5) is 0.226. The number of hydrogen-bond donors (Lipinski definition) is 2. The van der Waals surface area contributed by atoms with E-state index in [1.165, 1.54) is 9.36 Å². The molecule has 0 aliphatic rings. The zero-order valence-electron chi connectivity index (χ0n) is 15.7. The molecule has 0 radical (unpaired) electrons. The zero-order chi connectivity index (χ0) is 19.9. The van der Waals surface area contributed by atoms with Gasteiger partial charge in [0.05, 0.1) is 22.8 Å². The minimum atomic E-state index is -3.78. The van der Waals surface area contributed by atoms with Crippen molar-refractivity contribution in [1.29, 1.82) is 0 Å². The highest BCUT2D eigenvalue weighted by Gasteiger charge is 2.25. The molecule has 0 atom stereocenters. The second kappa shape index (κ2) is 7.10. The molecule has 0 aliphatic heterocycles. The Morgan fingerprint density at radius 2 is 1.04 bits per heavy atom. The van der Waals surface area contributed by atoms with Crippen molar-refractivity contribution in [2.24, 2.45) is 14.1 Å². The van der Waals surface area contributed by atoms with Crippen molar-refractivity contribution < 1.29 is 16.8 Å². The molecule has 0 spiro atoms. The minimum Gasteiger partial charge on any atom is -0.271 e. The molecule has 2 heterocycles. The van der Waals surface area contributed by atoms with Crippen LogP contribution in [0.1, 0.15) is 22.8 Å². The van der Waals surface area contributed by atoms with E-state index in [2.05, 4.69) is 19.6 Å². The van der Waals surface area contributed by atoms with Crippen LogP contribution < -0.4 is 9.44 Å². The van der Waals surface area contributed by atoms with E-state index in [1.807, 2.05) is 0 Å². The summed E-state index contributed by atoms with van der Waals surface area (Å²) in [6.45, 7) is 6.36. The first-order chi connectivity index (χ1) is 11.9. The lowest BCUT2D eigenvalue weighted by molar-refractivity contribution is 0.569. The van der Waals surface area contributed by atoms with E-state index in [1.54, 1.807) is 41.8 Å².